The molecule has 0 radical (unpaired) electrons. The molecule has 146 valence electrons. The van der Waals surface area contributed by atoms with Crippen LogP contribution in [0.5, 0.6) is 0 Å². The van der Waals surface area contributed by atoms with Gasteiger partial charge >= 0.3 is 6.09 Å². The highest BCUT2D eigenvalue weighted by molar-refractivity contribution is 7.92. The number of sulfonamides is 1. The standard InChI is InChI=1S/C15H24N4O6S/c1-4-24-15(21)18-9-7-17(8-10-18)14(20)5-6-19(26(3,22)23)13-11-12(2)25-16-13/h11H,4-10H2,1-3H3. The molecule has 1 aromatic heterocycles. The third-order valence-electron chi connectivity index (χ3n) is 3.96. The van der Waals surface area contributed by atoms with Crippen molar-refractivity contribution in [3.8, 4) is 0 Å². The topological polar surface area (TPSA) is 113 Å². The van der Waals surface area contributed by atoms with Crippen LogP contribution in [0.25, 0.3) is 0 Å². The van der Waals surface area contributed by atoms with Gasteiger partial charge in [-0.2, -0.15) is 0 Å². The Morgan fingerprint density at radius 3 is 2.38 bits per heavy atom. The molecule has 2 heterocycles. The summed E-state index contributed by atoms with van der Waals surface area (Å²) in [6.45, 7) is 5.24. The van der Waals surface area contributed by atoms with Crippen LogP contribution in [0.15, 0.2) is 10.6 Å². The van der Waals surface area contributed by atoms with Gasteiger partial charge in [0.25, 0.3) is 0 Å². The second-order valence-electron chi connectivity index (χ2n) is 5.95. The van der Waals surface area contributed by atoms with Gasteiger partial charge in [0.15, 0.2) is 5.82 Å². The molecule has 0 spiro atoms. The number of aryl methyl sites for hydroxylation is 1. The minimum Gasteiger partial charge on any atom is -0.450 e. The lowest BCUT2D eigenvalue weighted by Gasteiger charge is -2.34. The predicted molar refractivity (Wildman–Crippen MR) is 93.2 cm³/mol. The van der Waals surface area contributed by atoms with Crippen molar-refractivity contribution in [1.82, 2.24) is 15.0 Å². The number of amides is 2. The Morgan fingerprint density at radius 2 is 1.88 bits per heavy atom. The summed E-state index contributed by atoms with van der Waals surface area (Å²) < 4.78 is 34.8. The van der Waals surface area contributed by atoms with Crippen LogP contribution in [0.2, 0.25) is 0 Å². The number of hydrogen-bond donors (Lipinski definition) is 0. The lowest BCUT2D eigenvalue weighted by molar-refractivity contribution is -0.132. The van der Waals surface area contributed by atoms with E-state index in [-0.39, 0.29) is 30.8 Å². The molecule has 2 amide bonds. The summed E-state index contributed by atoms with van der Waals surface area (Å²) in [6.07, 6.45) is 0.682. The second-order valence-corrected chi connectivity index (χ2v) is 7.85. The third-order valence-corrected chi connectivity index (χ3v) is 5.13. The highest BCUT2D eigenvalue weighted by Crippen LogP contribution is 2.18. The molecule has 1 aliphatic rings. The minimum atomic E-state index is -3.59. The average molecular weight is 388 g/mol. The highest BCUT2D eigenvalue weighted by atomic mass is 32.2. The van der Waals surface area contributed by atoms with Gasteiger partial charge < -0.3 is 19.1 Å². The first-order chi connectivity index (χ1) is 12.2. The highest BCUT2D eigenvalue weighted by Gasteiger charge is 2.27. The summed E-state index contributed by atoms with van der Waals surface area (Å²) in [6, 6.07) is 1.50. The molecule has 0 aromatic carbocycles. The molecule has 1 saturated heterocycles. The Morgan fingerprint density at radius 1 is 1.27 bits per heavy atom. The lowest BCUT2D eigenvalue weighted by atomic mass is 10.3. The molecule has 0 aliphatic carbocycles. The lowest BCUT2D eigenvalue weighted by Crippen LogP contribution is -2.51. The van der Waals surface area contributed by atoms with Crippen LogP contribution in [0.1, 0.15) is 19.1 Å². The van der Waals surface area contributed by atoms with Gasteiger partial charge in [-0.15, -0.1) is 0 Å². The first kappa shape index (κ1) is 20.0. The molecule has 0 saturated carbocycles. The number of carbonyl (C=O) groups is 2. The van der Waals surface area contributed by atoms with Crippen LogP contribution < -0.4 is 4.31 Å². The normalized spacial score (nSPS) is 15.0. The van der Waals surface area contributed by atoms with E-state index in [1.54, 1.807) is 23.6 Å². The second kappa shape index (κ2) is 8.39. The maximum atomic E-state index is 12.4. The van der Waals surface area contributed by atoms with E-state index in [0.717, 1.165) is 10.6 Å². The summed E-state index contributed by atoms with van der Waals surface area (Å²) in [4.78, 5) is 27.2. The molecule has 1 aromatic rings. The van der Waals surface area contributed by atoms with E-state index in [0.29, 0.717) is 38.5 Å². The van der Waals surface area contributed by atoms with Crippen LogP contribution in [0.3, 0.4) is 0 Å². The van der Waals surface area contributed by atoms with Crippen LogP contribution in [-0.4, -0.2) is 81.0 Å². The molecule has 0 N–H and O–H groups in total. The fourth-order valence-corrected chi connectivity index (χ4v) is 3.48. The van der Waals surface area contributed by atoms with Crippen molar-refractivity contribution in [2.45, 2.75) is 20.3 Å². The predicted octanol–water partition coefficient (Wildman–Crippen LogP) is 0.440. The number of nitrogens with zero attached hydrogens (tertiary/aromatic N) is 4. The molecule has 10 nitrogen and oxygen atoms in total. The van der Waals surface area contributed by atoms with E-state index in [2.05, 4.69) is 5.16 Å². The van der Waals surface area contributed by atoms with Crippen molar-refractivity contribution in [3.63, 3.8) is 0 Å². The van der Waals surface area contributed by atoms with Gasteiger partial charge in [-0.25, -0.2) is 13.2 Å². The zero-order valence-corrected chi connectivity index (χ0v) is 16.0. The zero-order valence-electron chi connectivity index (χ0n) is 15.2. The molecular formula is C15H24N4O6S. The smallest absolute Gasteiger partial charge is 0.409 e. The number of aromatic nitrogens is 1. The van der Waals surface area contributed by atoms with E-state index in [1.165, 1.54) is 6.07 Å². The number of piperazine rings is 1. The zero-order chi connectivity index (χ0) is 19.3. The SMILES string of the molecule is CCOC(=O)N1CCN(C(=O)CCN(c2cc(C)on2)S(C)(=O)=O)CC1. The van der Waals surface area contributed by atoms with Crippen molar-refractivity contribution >= 4 is 27.8 Å². The van der Waals surface area contributed by atoms with Gasteiger partial charge in [-0.1, -0.05) is 5.16 Å². The van der Waals surface area contributed by atoms with Gasteiger partial charge in [-0.05, 0) is 13.8 Å². The van der Waals surface area contributed by atoms with Crippen molar-refractivity contribution in [1.29, 1.82) is 0 Å². The number of carbonyl (C=O) groups excluding carboxylic acids is 2. The summed E-state index contributed by atoms with van der Waals surface area (Å²) >= 11 is 0. The summed E-state index contributed by atoms with van der Waals surface area (Å²) in [5, 5.41) is 3.71. The van der Waals surface area contributed by atoms with Crippen molar-refractivity contribution < 1.29 is 27.3 Å². The van der Waals surface area contributed by atoms with Crippen molar-refractivity contribution in [2.75, 3.05) is 49.9 Å². The molecule has 1 fully saturated rings. The Labute approximate surface area is 152 Å². The molecule has 0 atom stereocenters. The van der Waals surface area contributed by atoms with Gasteiger partial charge in [0.05, 0.1) is 12.9 Å². The van der Waals surface area contributed by atoms with Gasteiger partial charge in [0.1, 0.15) is 5.76 Å². The third kappa shape index (κ3) is 5.10. The first-order valence-corrected chi connectivity index (χ1v) is 10.2. The Bertz CT molecular complexity index is 739. The maximum absolute atomic E-state index is 12.4. The van der Waals surface area contributed by atoms with Crippen LogP contribution in [-0.2, 0) is 19.6 Å². The Kier molecular flexibility index (Phi) is 6.46. The van der Waals surface area contributed by atoms with Crippen LogP contribution >= 0.6 is 0 Å². The number of anilines is 1. The molecule has 0 bridgehead atoms. The largest absolute Gasteiger partial charge is 0.450 e. The van der Waals surface area contributed by atoms with Crippen molar-refractivity contribution in [3.05, 3.63) is 11.8 Å². The number of rotatable bonds is 6. The van der Waals surface area contributed by atoms with E-state index in [9.17, 15) is 18.0 Å². The average Bonchev–Trinajstić information content (AvgIpc) is 3.00. The first-order valence-electron chi connectivity index (χ1n) is 8.33. The van der Waals surface area contributed by atoms with Crippen LogP contribution in [0, 0.1) is 6.92 Å². The van der Waals surface area contributed by atoms with Gasteiger partial charge in [-0.3, -0.25) is 9.10 Å². The van der Waals surface area contributed by atoms with E-state index in [4.69, 9.17) is 9.26 Å². The van der Waals surface area contributed by atoms with Crippen LogP contribution in [0.4, 0.5) is 10.6 Å². The summed E-state index contributed by atoms with van der Waals surface area (Å²) in [5.74, 6) is 0.461. The summed E-state index contributed by atoms with van der Waals surface area (Å²) in [7, 11) is -3.59. The molecule has 11 heteroatoms. The monoisotopic (exact) mass is 388 g/mol. The molecule has 0 unspecified atom stereocenters. The summed E-state index contributed by atoms with van der Waals surface area (Å²) in [5.41, 5.74) is 0. The van der Waals surface area contributed by atoms with E-state index in [1.807, 2.05) is 0 Å². The maximum Gasteiger partial charge on any atom is 0.409 e. The van der Waals surface area contributed by atoms with Gasteiger partial charge in [0.2, 0.25) is 15.9 Å². The molecule has 1 aliphatic heterocycles. The Hall–Kier alpha value is -2.30. The number of hydrogen-bond acceptors (Lipinski definition) is 7. The quantitative estimate of drug-likeness (QED) is 0.695. The molecule has 26 heavy (non-hydrogen) atoms. The van der Waals surface area contributed by atoms with E-state index >= 15 is 0 Å². The fourth-order valence-electron chi connectivity index (χ4n) is 2.63. The minimum absolute atomic E-state index is 0.0123. The molecule has 2 rings (SSSR count). The Balaban J connectivity index is 1.90. The van der Waals surface area contributed by atoms with Gasteiger partial charge in [0, 0.05) is 45.2 Å². The molecular weight excluding hydrogens is 364 g/mol. The van der Waals surface area contributed by atoms with Crippen molar-refractivity contribution in [2.24, 2.45) is 0 Å². The number of ether oxygens (including phenoxy) is 1. The fraction of sp³-hybridized carbons (Fsp3) is 0.667. The van der Waals surface area contributed by atoms with E-state index < -0.39 is 10.0 Å².